The predicted octanol–water partition coefficient (Wildman–Crippen LogP) is 3.60. The van der Waals surface area contributed by atoms with Gasteiger partial charge in [-0.2, -0.15) is 0 Å². The van der Waals surface area contributed by atoms with E-state index in [-0.39, 0.29) is 5.56 Å². The molecule has 1 saturated carbocycles. The highest BCUT2D eigenvalue weighted by atomic mass is 16.4. The van der Waals surface area contributed by atoms with E-state index in [1.54, 1.807) is 6.07 Å². The number of nitrogens with two attached hydrogens (primary N) is 1. The third-order valence-electron chi connectivity index (χ3n) is 4.25. The van der Waals surface area contributed by atoms with Crippen molar-refractivity contribution in [2.45, 2.75) is 39.0 Å². The van der Waals surface area contributed by atoms with Gasteiger partial charge in [0.2, 0.25) is 0 Å². The van der Waals surface area contributed by atoms with Crippen molar-refractivity contribution in [1.29, 1.82) is 0 Å². The first kappa shape index (κ1) is 14.7. The van der Waals surface area contributed by atoms with Crippen LogP contribution >= 0.6 is 0 Å². The van der Waals surface area contributed by atoms with E-state index < -0.39 is 5.97 Å². The number of hydrogen-bond donors (Lipinski definition) is 3. The molecule has 2 atom stereocenters. The quantitative estimate of drug-likeness (QED) is 0.718. The Morgan fingerprint density at radius 1 is 1.45 bits per heavy atom. The van der Waals surface area contributed by atoms with E-state index in [2.05, 4.69) is 12.2 Å². The molecular formula is C16H24N2O2. The van der Waals surface area contributed by atoms with E-state index in [1.165, 1.54) is 31.7 Å². The summed E-state index contributed by atoms with van der Waals surface area (Å²) in [4.78, 5) is 11.0. The van der Waals surface area contributed by atoms with Crippen LogP contribution in [0.2, 0.25) is 0 Å². The molecule has 1 aromatic rings. The highest BCUT2D eigenvalue weighted by Crippen LogP contribution is 2.31. The fraction of sp³-hybridized carbons (Fsp3) is 0.562. The maximum absolute atomic E-state index is 11.0. The average Bonchev–Trinajstić information content (AvgIpc) is 2.40. The van der Waals surface area contributed by atoms with Crippen LogP contribution in [0.3, 0.4) is 0 Å². The fourth-order valence-corrected chi connectivity index (χ4v) is 3.14. The number of nitrogens with one attached hydrogen (secondary N) is 1. The second-order valence-electron chi connectivity index (χ2n) is 5.93. The number of para-hydroxylation sites is 1. The van der Waals surface area contributed by atoms with Crippen molar-refractivity contribution in [2.75, 3.05) is 17.6 Å². The van der Waals surface area contributed by atoms with E-state index in [0.29, 0.717) is 5.69 Å². The first-order valence-corrected chi connectivity index (χ1v) is 7.43. The zero-order valence-electron chi connectivity index (χ0n) is 12.1. The van der Waals surface area contributed by atoms with Crippen LogP contribution in [-0.2, 0) is 0 Å². The Labute approximate surface area is 120 Å². The summed E-state index contributed by atoms with van der Waals surface area (Å²) in [6, 6.07) is 5.10. The van der Waals surface area contributed by atoms with E-state index in [4.69, 9.17) is 10.8 Å². The topological polar surface area (TPSA) is 75.3 Å². The van der Waals surface area contributed by atoms with Crippen molar-refractivity contribution in [3.05, 3.63) is 23.8 Å². The summed E-state index contributed by atoms with van der Waals surface area (Å²) in [7, 11) is 0. The zero-order chi connectivity index (χ0) is 14.5. The van der Waals surface area contributed by atoms with Crippen LogP contribution in [0.25, 0.3) is 0 Å². The summed E-state index contributed by atoms with van der Waals surface area (Å²) in [6.45, 7) is 3.18. The molecule has 0 radical (unpaired) electrons. The monoisotopic (exact) mass is 276 g/mol. The van der Waals surface area contributed by atoms with Gasteiger partial charge in [0.25, 0.3) is 0 Å². The van der Waals surface area contributed by atoms with E-state index in [9.17, 15) is 4.79 Å². The number of hydrogen-bond acceptors (Lipinski definition) is 3. The van der Waals surface area contributed by atoms with Crippen LogP contribution < -0.4 is 11.1 Å². The maximum atomic E-state index is 11.0. The van der Waals surface area contributed by atoms with Crippen LogP contribution in [0.1, 0.15) is 49.4 Å². The second-order valence-corrected chi connectivity index (χ2v) is 5.93. The summed E-state index contributed by atoms with van der Waals surface area (Å²) >= 11 is 0. The number of carboxylic acids is 1. The maximum Gasteiger partial charge on any atom is 0.337 e. The van der Waals surface area contributed by atoms with Gasteiger partial charge in [0.1, 0.15) is 0 Å². The first-order chi connectivity index (χ1) is 9.58. The van der Waals surface area contributed by atoms with Crippen molar-refractivity contribution in [3.8, 4) is 0 Å². The molecule has 0 aliphatic heterocycles. The van der Waals surface area contributed by atoms with Gasteiger partial charge in [-0.1, -0.05) is 32.3 Å². The minimum absolute atomic E-state index is 0.168. The van der Waals surface area contributed by atoms with E-state index in [1.807, 2.05) is 6.07 Å². The van der Waals surface area contributed by atoms with Gasteiger partial charge in [-0.15, -0.1) is 0 Å². The predicted molar refractivity (Wildman–Crippen MR) is 82.0 cm³/mol. The Bertz CT molecular complexity index is 474. The fourth-order valence-electron chi connectivity index (χ4n) is 3.14. The molecule has 2 unspecified atom stereocenters. The SMILES string of the molecule is CC1CCCC(CCNc2cccc(C(=O)O)c2N)C1. The minimum Gasteiger partial charge on any atom is -0.478 e. The highest BCUT2D eigenvalue weighted by Gasteiger charge is 2.18. The summed E-state index contributed by atoms with van der Waals surface area (Å²) in [5.41, 5.74) is 7.11. The molecule has 0 saturated heterocycles. The van der Waals surface area contributed by atoms with Gasteiger partial charge in [-0.05, 0) is 36.8 Å². The standard InChI is InChI=1S/C16H24N2O2/c1-11-4-2-5-12(10-11)8-9-18-14-7-3-6-13(15(14)17)16(19)20/h3,6-7,11-12,18H,2,4-5,8-10,17H2,1H3,(H,19,20). The number of anilines is 2. The van der Waals surface area contributed by atoms with Gasteiger partial charge in [0.15, 0.2) is 0 Å². The Hall–Kier alpha value is -1.71. The van der Waals surface area contributed by atoms with Crippen molar-refractivity contribution in [2.24, 2.45) is 11.8 Å². The van der Waals surface area contributed by atoms with Gasteiger partial charge >= 0.3 is 5.97 Å². The van der Waals surface area contributed by atoms with Crippen LogP contribution in [-0.4, -0.2) is 17.6 Å². The van der Waals surface area contributed by atoms with Gasteiger partial charge in [-0.25, -0.2) is 4.79 Å². The Kier molecular flexibility index (Phi) is 4.88. The Balaban J connectivity index is 1.88. The molecule has 1 fully saturated rings. The van der Waals surface area contributed by atoms with Gasteiger partial charge in [0.05, 0.1) is 16.9 Å². The summed E-state index contributed by atoms with van der Waals surface area (Å²) in [6.07, 6.45) is 6.45. The summed E-state index contributed by atoms with van der Waals surface area (Å²) < 4.78 is 0. The number of aromatic carboxylic acids is 1. The molecule has 0 bridgehead atoms. The van der Waals surface area contributed by atoms with Crippen LogP contribution in [0.15, 0.2) is 18.2 Å². The number of carboxylic acid groups (broad SMARTS) is 1. The number of carbonyl (C=O) groups is 1. The lowest BCUT2D eigenvalue weighted by molar-refractivity contribution is 0.0698. The lowest BCUT2D eigenvalue weighted by Crippen LogP contribution is -2.17. The van der Waals surface area contributed by atoms with Gasteiger partial charge in [-0.3, -0.25) is 0 Å². The molecular weight excluding hydrogens is 252 g/mol. The first-order valence-electron chi connectivity index (χ1n) is 7.43. The largest absolute Gasteiger partial charge is 0.478 e. The number of benzene rings is 1. The molecule has 1 aliphatic carbocycles. The van der Waals surface area contributed by atoms with Crippen molar-refractivity contribution in [1.82, 2.24) is 0 Å². The molecule has 1 aromatic carbocycles. The second kappa shape index (κ2) is 6.64. The van der Waals surface area contributed by atoms with Crippen molar-refractivity contribution >= 4 is 17.3 Å². The Morgan fingerprint density at radius 2 is 2.25 bits per heavy atom. The molecule has 4 heteroatoms. The lowest BCUT2D eigenvalue weighted by Gasteiger charge is -2.26. The molecule has 1 aliphatic rings. The van der Waals surface area contributed by atoms with Crippen molar-refractivity contribution < 1.29 is 9.90 Å². The zero-order valence-corrected chi connectivity index (χ0v) is 12.1. The Morgan fingerprint density at radius 3 is 2.95 bits per heavy atom. The minimum atomic E-state index is -0.979. The molecule has 4 nitrogen and oxygen atoms in total. The summed E-state index contributed by atoms with van der Waals surface area (Å²) in [5, 5.41) is 12.3. The number of nitrogen functional groups attached to an aromatic ring is 1. The van der Waals surface area contributed by atoms with Crippen LogP contribution in [0, 0.1) is 11.8 Å². The average molecular weight is 276 g/mol. The van der Waals surface area contributed by atoms with Crippen LogP contribution in [0.5, 0.6) is 0 Å². The smallest absolute Gasteiger partial charge is 0.337 e. The van der Waals surface area contributed by atoms with Gasteiger partial charge < -0.3 is 16.2 Å². The summed E-state index contributed by atoms with van der Waals surface area (Å²) in [5.74, 6) is 0.650. The lowest BCUT2D eigenvalue weighted by atomic mass is 9.81. The molecule has 0 amide bonds. The molecule has 110 valence electrons. The molecule has 0 spiro atoms. The van der Waals surface area contributed by atoms with Crippen LogP contribution in [0.4, 0.5) is 11.4 Å². The third kappa shape index (κ3) is 3.65. The van der Waals surface area contributed by atoms with E-state index in [0.717, 1.165) is 30.5 Å². The van der Waals surface area contributed by atoms with Crippen molar-refractivity contribution in [3.63, 3.8) is 0 Å². The molecule has 2 rings (SSSR count). The molecule has 0 aromatic heterocycles. The number of rotatable bonds is 5. The third-order valence-corrected chi connectivity index (χ3v) is 4.25. The molecule has 20 heavy (non-hydrogen) atoms. The normalized spacial score (nSPS) is 22.4. The molecule has 4 N–H and O–H groups in total. The highest BCUT2D eigenvalue weighted by molar-refractivity contribution is 5.97. The van der Waals surface area contributed by atoms with Gasteiger partial charge in [0, 0.05) is 6.54 Å². The molecule has 0 heterocycles. The van der Waals surface area contributed by atoms with E-state index >= 15 is 0 Å².